The average molecular weight is 353 g/mol. The molecule has 138 valence electrons. The molecule has 2 aromatic rings. The number of anilines is 1. The third-order valence-corrected chi connectivity index (χ3v) is 4.68. The fourth-order valence-corrected chi connectivity index (χ4v) is 3.30. The number of methoxy groups -OCH3 is 1. The molecule has 1 heterocycles. The molecule has 0 spiro atoms. The quantitative estimate of drug-likeness (QED) is 0.828. The first-order valence-electron chi connectivity index (χ1n) is 8.99. The van der Waals surface area contributed by atoms with Gasteiger partial charge in [0.05, 0.1) is 7.11 Å². The van der Waals surface area contributed by atoms with Crippen LogP contribution in [0.5, 0.6) is 5.75 Å². The number of carbonyl (C=O) groups excluding carboxylic acids is 1. The Morgan fingerprint density at radius 2 is 1.73 bits per heavy atom. The molecule has 26 heavy (non-hydrogen) atoms. The highest BCUT2D eigenvalue weighted by atomic mass is 16.5. The van der Waals surface area contributed by atoms with E-state index in [9.17, 15) is 4.79 Å². The van der Waals surface area contributed by atoms with Gasteiger partial charge in [0.25, 0.3) is 5.91 Å². The number of rotatable bonds is 5. The molecule has 0 N–H and O–H groups in total. The summed E-state index contributed by atoms with van der Waals surface area (Å²) in [6.07, 6.45) is 0. The summed E-state index contributed by atoms with van der Waals surface area (Å²) in [6, 6.07) is 16.0. The maximum atomic E-state index is 12.7. The smallest absolute Gasteiger partial charge is 0.253 e. The zero-order valence-corrected chi connectivity index (χ0v) is 15.8. The van der Waals surface area contributed by atoms with E-state index >= 15 is 0 Å². The molecule has 3 rings (SSSR count). The molecule has 0 atom stereocenters. The molecule has 1 aliphatic heterocycles. The second kappa shape index (κ2) is 8.23. The maximum absolute atomic E-state index is 12.7. The Balaban J connectivity index is 1.60. The Kier molecular flexibility index (Phi) is 5.78. The van der Waals surface area contributed by atoms with Gasteiger partial charge in [0, 0.05) is 44.0 Å². The van der Waals surface area contributed by atoms with Crippen molar-refractivity contribution in [3.8, 4) is 5.75 Å². The van der Waals surface area contributed by atoms with Gasteiger partial charge in [0.15, 0.2) is 0 Å². The van der Waals surface area contributed by atoms with Crippen LogP contribution in [0.3, 0.4) is 0 Å². The van der Waals surface area contributed by atoms with Gasteiger partial charge < -0.3 is 19.4 Å². The van der Waals surface area contributed by atoms with Crippen molar-refractivity contribution < 1.29 is 9.53 Å². The van der Waals surface area contributed by atoms with Crippen LogP contribution >= 0.6 is 0 Å². The first kappa shape index (κ1) is 18.3. The fourth-order valence-electron chi connectivity index (χ4n) is 3.30. The number of ether oxygens (including phenoxy) is 1. The van der Waals surface area contributed by atoms with E-state index in [4.69, 9.17) is 4.74 Å². The lowest BCUT2D eigenvalue weighted by molar-refractivity contribution is 0.0746. The standard InChI is InChI=1S/C21H27N3O2/c1-22(2)16-17-5-4-6-19(15-17)23-11-13-24(14-12-23)21(25)18-7-9-20(26-3)10-8-18/h4-10,15H,11-14,16H2,1-3H3. The Morgan fingerprint density at radius 1 is 1.04 bits per heavy atom. The number of amides is 1. The third kappa shape index (κ3) is 4.35. The molecule has 5 nitrogen and oxygen atoms in total. The molecule has 0 aliphatic carbocycles. The topological polar surface area (TPSA) is 36.0 Å². The summed E-state index contributed by atoms with van der Waals surface area (Å²) < 4.78 is 5.16. The monoisotopic (exact) mass is 353 g/mol. The Morgan fingerprint density at radius 3 is 2.35 bits per heavy atom. The molecule has 1 aliphatic rings. The Hall–Kier alpha value is -2.53. The SMILES string of the molecule is COc1ccc(C(=O)N2CCN(c3cccc(CN(C)C)c3)CC2)cc1. The van der Waals surface area contributed by atoms with Crippen LogP contribution in [0.25, 0.3) is 0 Å². The molecule has 1 saturated heterocycles. The van der Waals surface area contributed by atoms with Crippen molar-refractivity contribution in [2.75, 3.05) is 52.3 Å². The number of hydrogen-bond acceptors (Lipinski definition) is 4. The second-order valence-corrected chi connectivity index (χ2v) is 6.92. The predicted octanol–water partition coefficient (Wildman–Crippen LogP) is 2.72. The molecule has 0 saturated carbocycles. The molecule has 1 amide bonds. The summed E-state index contributed by atoms with van der Waals surface area (Å²) in [4.78, 5) is 19.1. The average Bonchev–Trinajstić information content (AvgIpc) is 2.67. The lowest BCUT2D eigenvalue weighted by Crippen LogP contribution is -2.48. The number of hydrogen-bond donors (Lipinski definition) is 0. The number of benzene rings is 2. The van der Waals surface area contributed by atoms with Gasteiger partial charge in [-0.15, -0.1) is 0 Å². The number of carbonyl (C=O) groups is 1. The van der Waals surface area contributed by atoms with E-state index < -0.39 is 0 Å². The van der Waals surface area contributed by atoms with Crippen LogP contribution in [0.2, 0.25) is 0 Å². The van der Waals surface area contributed by atoms with E-state index in [0.29, 0.717) is 5.56 Å². The summed E-state index contributed by atoms with van der Waals surface area (Å²) in [6.45, 7) is 4.12. The highest BCUT2D eigenvalue weighted by Gasteiger charge is 2.22. The van der Waals surface area contributed by atoms with Crippen molar-refractivity contribution in [2.45, 2.75) is 6.54 Å². The van der Waals surface area contributed by atoms with Crippen LogP contribution in [-0.2, 0) is 6.54 Å². The van der Waals surface area contributed by atoms with E-state index in [-0.39, 0.29) is 5.91 Å². The minimum Gasteiger partial charge on any atom is -0.497 e. The van der Waals surface area contributed by atoms with E-state index in [2.05, 4.69) is 48.2 Å². The molecule has 0 radical (unpaired) electrons. The molecule has 2 aromatic carbocycles. The second-order valence-electron chi connectivity index (χ2n) is 6.92. The zero-order chi connectivity index (χ0) is 18.5. The molecule has 5 heteroatoms. The van der Waals surface area contributed by atoms with Crippen LogP contribution in [0, 0.1) is 0 Å². The summed E-state index contributed by atoms with van der Waals surface area (Å²) in [5, 5.41) is 0. The highest BCUT2D eigenvalue weighted by Crippen LogP contribution is 2.20. The van der Waals surface area contributed by atoms with Crippen molar-refractivity contribution in [2.24, 2.45) is 0 Å². The van der Waals surface area contributed by atoms with E-state index in [1.165, 1.54) is 11.3 Å². The van der Waals surface area contributed by atoms with E-state index in [1.807, 2.05) is 29.2 Å². The van der Waals surface area contributed by atoms with Crippen molar-refractivity contribution in [3.05, 3.63) is 59.7 Å². The fraction of sp³-hybridized carbons (Fsp3) is 0.381. The molecular weight excluding hydrogens is 326 g/mol. The van der Waals surface area contributed by atoms with Crippen molar-refractivity contribution in [1.82, 2.24) is 9.80 Å². The van der Waals surface area contributed by atoms with Gasteiger partial charge in [-0.05, 0) is 56.1 Å². The summed E-state index contributed by atoms with van der Waals surface area (Å²) in [5.74, 6) is 0.859. The van der Waals surface area contributed by atoms with Gasteiger partial charge in [-0.3, -0.25) is 4.79 Å². The lowest BCUT2D eigenvalue weighted by atomic mass is 10.1. The van der Waals surface area contributed by atoms with Gasteiger partial charge in [-0.2, -0.15) is 0 Å². The van der Waals surface area contributed by atoms with Crippen LogP contribution in [0.15, 0.2) is 48.5 Å². The zero-order valence-electron chi connectivity index (χ0n) is 15.8. The van der Waals surface area contributed by atoms with Gasteiger partial charge in [0.1, 0.15) is 5.75 Å². The van der Waals surface area contributed by atoms with Crippen LogP contribution in [0.4, 0.5) is 5.69 Å². The molecule has 1 fully saturated rings. The third-order valence-electron chi connectivity index (χ3n) is 4.68. The maximum Gasteiger partial charge on any atom is 0.253 e. The lowest BCUT2D eigenvalue weighted by Gasteiger charge is -2.36. The van der Waals surface area contributed by atoms with Crippen molar-refractivity contribution in [1.29, 1.82) is 0 Å². The highest BCUT2D eigenvalue weighted by molar-refractivity contribution is 5.94. The van der Waals surface area contributed by atoms with E-state index in [1.54, 1.807) is 7.11 Å². The largest absolute Gasteiger partial charge is 0.497 e. The number of piperazine rings is 1. The van der Waals surface area contributed by atoms with Gasteiger partial charge in [0.2, 0.25) is 0 Å². The summed E-state index contributed by atoms with van der Waals surface area (Å²) in [7, 11) is 5.79. The van der Waals surface area contributed by atoms with E-state index in [0.717, 1.165) is 38.5 Å². The van der Waals surface area contributed by atoms with Gasteiger partial charge in [-0.25, -0.2) is 0 Å². The van der Waals surface area contributed by atoms with Crippen molar-refractivity contribution in [3.63, 3.8) is 0 Å². The first-order chi connectivity index (χ1) is 12.6. The predicted molar refractivity (Wildman–Crippen MR) is 105 cm³/mol. The molecule has 0 unspecified atom stereocenters. The Bertz CT molecular complexity index is 735. The van der Waals surface area contributed by atoms with Crippen LogP contribution in [-0.4, -0.2) is 63.1 Å². The Labute approximate surface area is 155 Å². The van der Waals surface area contributed by atoms with Crippen molar-refractivity contribution >= 4 is 11.6 Å². The molecular formula is C21H27N3O2. The summed E-state index contributed by atoms with van der Waals surface area (Å²) in [5.41, 5.74) is 3.26. The van der Waals surface area contributed by atoms with Gasteiger partial charge in [-0.1, -0.05) is 12.1 Å². The minimum atomic E-state index is 0.0914. The first-order valence-corrected chi connectivity index (χ1v) is 8.99. The van der Waals surface area contributed by atoms with Gasteiger partial charge >= 0.3 is 0 Å². The molecule has 0 aromatic heterocycles. The summed E-state index contributed by atoms with van der Waals surface area (Å²) >= 11 is 0. The molecule has 0 bridgehead atoms. The number of nitrogens with zero attached hydrogens (tertiary/aromatic N) is 3. The van der Waals surface area contributed by atoms with Crippen LogP contribution < -0.4 is 9.64 Å². The minimum absolute atomic E-state index is 0.0914. The van der Waals surface area contributed by atoms with Crippen LogP contribution in [0.1, 0.15) is 15.9 Å². The normalized spacial score (nSPS) is 14.6.